The molecular formula is C42H52N2O. The van der Waals surface area contributed by atoms with Gasteiger partial charge in [-0.2, -0.15) is 0 Å². The van der Waals surface area contributed by atoms with Gasteiger partial charge in [0.2, 0.25) is 0 Å². The highest BCUT2D eigenvalue weighted by atomic mass is 16.1. The molecule has 2 aliphatic carbocycles. The molecule has 0 bridgehead atoms. The van der Waals surface area contributed by atoms with Gasteiger partial charge in [-0.05, 0) is 115 Å². The van der Waals surface area contributed by atoms with Crippen LogP contribution in [-0.4, -0.2) is 17.7 Å². The maximum Gasteiger partial charge on any atom is 0.173 e. The van der Waals surface area contributed by atoms with E-state index in [1.165, 1.54) is 42.5 Å². The number of aryl methyl sites for hydroxylation is 2. The molecule has 0 aromatic heterocycles. The molecule has 2 aromatic rings. The molecule has 1 atom stereocenters. The Kier molecular flexibility index (Phi) is 10.4. The molecule has 0 radical (unpaired) electrons. The lowest BCUT2D eigenvalue weighted by atomic mass is 9.65. The molecule has 5 rings (SSSR count). The van der Waals surface area contributed by atoms with Gasteiger partial charge >= 0.3 is 0 Å². The van der Waals surface area contributed by atoms with E-state index in [9.17, 15) is 4.79 Å². The topological polar surface area (TPSA) is 41.8 Å². The van der Waals surface area contributed by atoms with E-state index < -0.39 is 5.41 Å². The van der Waals surface area contributed by atoms with Gasteiger partial charge in [0.05, 0.1) is 11.1 Å². The lowest BCUT2D eigenvalue weighted by Gasteiger charge is -2.36. The molecular weight excluding hydrogens is 548 g/mol. The highest BCUT2D eigenvalue weighted by molar-refractivity contribution is 6.27. The minimum Gasteiger partial charge on any atom is -0.293 e. The van der Waals surface area contributed by atoms with E-state index >= 15 is 0 Å². The lowest BCUT2D eigenvalue weighted by Crippen LogP contribution is -2.34. The Balaban J connectivity index is 1.36. The molecule has 45 heavy (non-hydrogen) atoms. The van der Waals surface area contributed by atoms with Crippen LogP contribution < -0.4 is 0 Å². The third kappa shape index (κ3) is 7.46. The van der Waals surface area contributed by atoms with Crippen molar-refractivity contribution in [1.29, 1.82) is 0 Å². The number of Topliss-reactive ketones (excluding diaryl/α,β-unsaturated/α-hetero) is 1. The van der Waals surface area contributed by atoms with Crippen molar-refractivity contribution in [2.75, 3.05) is 0 Å². The van der Waals surface area contributed by atoms with Gasteiger partial charge in [-0.3, -0.25) is 14.8 Å². The van der Waals surface area contributed by atoms with Gasteiger partial charge in [0.25, 0.3) is 0 Å². The number of fused-ring (bicyclic) bond motifs is 1. The molecule has 0 amide bonds. The van der Waals surface area contributed by atoms with Crippen LogP contribution in [0.3, 0.4) is 0 Å². The van der Waals surface area contributed by atoms with E-state index in [1.807, 2.05) is 18.5 Å². The molecule has 1 saturated carbocycles. The summed E-state index contributed by atoms with van der Waals surface area (Å²) in [6.45, 7) is 17.1. The molecule has 0 N–H and O–H groups in total. The molecule has 1 aliphatic heterocycles. The summed E-state index contributed by atoms with van der Waals surface area (Å²) in [5.74, 6) is 2.18. The summed E-state index contributed by atoms with van der Waals surface area (Å²) >= 11 is 0. The van der Waals surface area contributed by atoms with Crippen LogP contribution in [0.4, 0.5) is 0 Å². The maximum atomic E-state index is 14.3. The van der Waals surface area contributed by atoms with Crippen molar-refractivity contribution < 1.29 is 4.79 Å². The first-order valence-corrected chi connectivity index (χ1v) is 17.3. The minimum atomic E-state index is -0.571. The van der Waals surface area contributed by atoms with E-state index in [1.54, 1.807) is 0 Å². The van der Waals surface area contributed by atoms with Crippen LogP contribution >= 0.6 is 0 Å². The zero-order chi connectivity index (χ0) is 32.1. The Morgan fingerprint density at radius 3 is 2.49 bits per heavy atom. The molecule has 1 fully saturated rings. The van der Waals surface area contributed by atoms with Gasteiger partial charge in [-0.25, -0.2) is 0 Å². The fourth-order valence-electron chi connectivity index (χ4n) is 7.33. The number of allylic oxidation sites excluding steroid dienone is 5. The second kappa shape index (κ2) is 14.2. The van der Waals surface area contributed by atoms with E-state index in [2.05, 4.69) is 102 Å². The second-order valence-corrected chi connectivity index (χ2v) is 14.3. The molecule has 1 unspecified atom stereocenters. The van der Waals surface area contributed by atoms with Gasteiger partial charge in [-0.1, -0.05) is 96.0 Å². The first kappa shape index (κ1) is 32.8. The zero-order valence-corrected chi connectivity index (χ0v) is 28.5. The van der Waals surface area contributed by atoms with Crippen LogP contribution in [0.5, 0.6) is 0 Å². The molecule has 0 spiro atoms. The first-order valence-electron chi connectivity index (χ1n) is 17.3. The molecule has 3 nitrogen and oxygen atoms in total. The minimum absolute atomic E-state index is 0.205. The number of carbonyl (C=O) groups is 1. The Labute approximate surface area is 272 Å². The smallest absolute Gasteiger partial charge is 0.173 e. The summed E-state index contributed by atoms with van der Waals surface area (Å²) in [5, 5.41) is 0. The highest BCUT2D eigenvalue weighted by Crippen LogP contribution is 2.47. The molecule has 236 valence electrons. The van der Waals surface area contributed by atoms with Crippen molar-refractivity contribution in [2.45, 2.75) is 105 Å². The number of rotatable bonds is 10. The number of carbonyl (C=O) groups excluding carboxylic acids is 1. The highest BCUT2D eigenvalue weighted by Gasteiger charge is 2.43. The average Bonchev–Trinajstić information content (AvgIpc) is 3.24. The average molecular weight is 601 g/mol. The Morgan fingerprint density at radius 2 is 1.82 bits per heavy atom. The van der Waals surface area contributed by atoms with E-state index in [-0.39, 0.29) is 5.78 Å². The molecule has 2 aromatic carbocycles. The van der Waals surface area contributed by atoms with Crippen LogP contribution in [0.2, 0.25) is 0 Å². The summed E-state index contributed by atoms with van der Waals surface area (Å²) in [6.07, 6.45) is 18.1. The monoisotopic (exact) mass is 600 g/mol. The summed E-state index contributed by atoms with van der Waals surface area (Å²) < 4.78 is 0. The van der Waals surface area contributed by atoms with Gasteiger partial charge in [0, 0.05) is 30.1 Å². The van der Waals surface area contributed by atoms with Crippen molar-refractivity contribution in [1.82, 2.24) is 0 Å². The number of benzene rings is 2. The van der Waals surface area contributed by atoms with Crippen LogP contribution in [0.15, 0.2) is 88.5 Å². The van der Waals surface area contributed by atoms with Gasteiger partial charge < -0.3 is 0 Å². The number of hydrogen-bond donors (Lipinski definition) is 0. The SMILES string of the molecule is C=C(N=CC(C)C)c1ccc(C2=CC3=CN=C(CCc4ccc(C5CCC(C)CC5)cc4)CC=C3C(C)(CCC)C2=O)c(C)c1. The molecule has 1 heterocycles. The second-order valence-electron chi connectivity index (χ2n) is 14.3. The lowest BCUT2D eigenvalue weighted by molar-refractivity contribution is -0.120. The van der Waals surface area contributed by atoms with Gasteiger partial charge in [0.15, 0.2) is 5.78 Å². The predicted octanol–water partition coefficient (Wildman–Crippen LogP) is 11.0. The van der Waals surface area contributed by atoms with Crippen LogP contribution in [0, 0.1) is 24.2 Å². The quantitative estimate of drug-likeness (QED) is 0.250. The van der Waals surface area contributed by atoms with Crippen molar-refractivity contribution >= 4 is 29.0 Å². The number of nitrogens with zero attached hydrogens (tertiary/aromatic N) is 2. The predicted molar refractivity (Wildman–Crippen MR) is 193 cm³/mol. The molecule has 3 aliphatic rings. The number of aliphatic imine (C=N–C) groups is 2. The largest absolute Gasteiger partial charge is 0.293 e. The van der Waals surface area contributed by atoms with Crippen LogP contribution in [-0.2, 0) is 11.2 Å². The van der Waals surface area contributed by atoms with Crippen molar-refractivity contribution in [3.63, 3.8) is 0 Å². The Bertz CT molecular complexity index is 1570. The first-order chi connectivity index (χ1) is 21.6. The van der Waals surface area contributed by atoms with Crippen LogP contribution in [0.25, 0.3) is 11.3 Å². The number of ketones is 1. The molecule has 0 saturated heterocycles. The Morgan fingerprint density at radius 1 is 1.09 bits per heavy atom. The summed E-state index contributed by atoms with van der Waals surface area (Å²) in [4.78, 5) is 23.8. The normalized spacial score (nSPS) is 23.7. The summed E-state index contributed by atoms with van der Waals surface area (Å²) in [7, 11) is 0. The maximum absolute atomic E-state index is 14.3. The van der Waals surface area contributed by atoms with Crippen LogP contribution in [0.1, 0.15) is 120 Å². The van der Waals surface area contributed by atoms with Crippen molar-refractivity contribution in [3.05, 3.63) is 106 Å². The van der Waals surface area contributed by atoms with E-state index in [0.29, 0.717) is 5.92 Å². The summed E-state index contributed by atoms with van der Waals surface area (Å²) in [5.41, 5.74) is 10.2. The van der Waals surface area contributed by atoms with Crippen molar-refractivity contribution in [3.8, 4) is 0 Å². The van der Waals surface area contributed by atoms with Gasteiger partial charge in [-0.15, -0.1) is 0 Å². The fraction of sp³-hybridized carbons (Fsp3) is 0.452. The molecule has 3 heteroatoms. The van der Waals surface area contributed by atoms with Gasteiger partial charge in [0.1, 0.15) is 0 Å². The van der Waals surface area contributed by atoms with E-state index in [0.717, 1.165) is 83.0 Å². The zero-order valence-electron chi connectivity index (χ0n) is 28.5. The third-order valence-electron chi connectivity index (χ3n) is 10.2. The summed E-state index contributed by atoms with van der Waals surface area (Å²) in [6, 6.07) is 15.6. The third-order valence-corrected chi connectivity index (χ3v) is 10.2. The Hall–Kier alpha value is -3.59. The number of hydrogen-bond acceptors (Lipinski definition) is 3. The fourth-order valence-corrected chi connectivity index (χ4v) is 7.33. The van der Waals surface area contributed by atoms with E-state index in [4.69, 9.17) is 4.99 Å². The standard InChI is InChI=1S/C42H52N2O/c1-8-23-42(7)40-22-20-37(19-13-32-11-16-34(17-12-32)33-14-9-29(4)10-15-33)44-27-36(40)25-39(41(42)45)38-21-18-35(24-30(38)5)31(6)43-26-28(2)3/h11-12,16-18,21-22,24-29,33H,6,8-10,13-15,19-20,23H2,1-5,7H3. The van der Waals surface area contributed by atoms with Crippen molar-refractivity contribution in [2.24, 2.45) is 27.2 Å².